The highest BCUT2D eigenvalue weighted by Gasteiger charge is 2.18. The van der Waals surface area contributed by atoms with Crippen LogP contribution in [0, 0.1) is 6.85 Å². The van der Waals surface area contributed by atoms with Crippen LogP contribution in [0.3, 0.4) is 0 Å². The van der Waals surface area contributed by atoms with Gasteiger partial charge in [-0.05, 0) is 92.1 Å². The second kappa shape index (κ2) is 9.87. The van der Waals surface area contributed by atoms with Crippen molar-refractivity contribution >= 4 is 32.6 Å². The number of fused-ring (bicyclic) bond motifs is 3. The third-order valence-electron chi connectivity index (χ3n) is 7.85. The Morgan fingerprint density at radius 2 is 1.17 bits per heavy atom. The van der Waals surface area contributed by atoms with Crippen molar-refractivity contribution in [3.05, 3.63) is 157 Å². The third-order valence-corrected chi connectivity index (χ3v) is 7.85. The molecule has 0 saturated heterocycles. The predicted octanol–water partition coefficient (Wildman–Crippen LogP) is 10.6. The molecular weight excluding hydrogens is 508 g/mol. The van der Waals surface area contributed by atoms with Gasteiger partial charge in [0.25, 0.3) is 0 Å². The third kappa shape index (κ3) is 3.92. The number of hydrogen-bond acceptors (Lipinski definition) is 1. The minimum atomic E-state index is -2.42. The molecule has 0 unspecified atom stereocenters. The van der Waals surface area contributed by atoms with E-state index in [1.165, 1.54) is 0 Å². The van der Waals surface area contributed by atoms with Gasteiger partial charge in [0.15, 0.2) is 0 Å². The number of aryl methyl sites for hydroxylation is 1. The number of benzene rings is 7. The van der Waals surface area contributed by atoms with Crippen LogP contribution in [0.25, 0.3) is 71.6 Å². The van der Waals surface area contributed by atoms with Crippen LogP contribution < -0.4 is 0 Å². The summed E-state index contributed by atoms with van der Waals surface area (Å²) >= 11 is 0. The fourth-order valence-electron chi connectivity index (χ4n) is 6.02. The second-order valence-electron chi connectivity index (χ2n) is 10.2. The fourth-order valence-corrected chi connectivity index (χ4v) is 6.02. The van der Waals surface area contributed by atoms with Crippen LogP contribution in [0.1, 0.15) is 16.8 Å². The maximum absolute atomic E-state index is 8.68. The van der Waals surface area contributed by atoms with Crippen LogP contribution in [-0.4, -0.2) is 9.55 Å². The van der Waals surface area contributed by atoms with E-state index in [1.54, 1.807) is 10.6 Å². The van der Waals surface area contributed by atoms with E-state index >= 15 is 0 Å². The summed E-state index contributed by atoms with van der Waals surface area (Å²) in [6, 6.07) is 37.3. The Kier molecular flexibility index (Phi) is 4.08. The van der Waals surface area contributed by atoms with Crippen molar-refractivity contribution in [3.8, 4) is 39.1 Å². The van der Waals surface area contributed by atoms with Crippen molar-refractivity contribution in [2.45, 2.75) is 6.85 Å². The molecule has 0 aliphatic rings. The number of rotatable bonds is 4. The predicted molar refractivity (Wildman–Crippen MR) is 177 cm³/mol. The van der Waals surface area contributed by atoms with Crippen LogP contribution >= 0.6 is 0 Å². The molecule has 0 fully saturated rings. The van der Waals surface area contributed by atoms with Gasteiger partial charge >= 0.3 is 0 Å². The largest absolute Gasteiger partial charge is 0.297 e. The van der Waals surface area contributed by atoms with E-state index in [9.17, 15) is 0 Å². The van der Waals surface area contributed by atoms with E-state index in [2.05, 4.69) is 17.1 Å². The molecule has 1 aromatic heterocycles. The van der Waals surface area contributed by atoms with Crippen molar-refractivity contribution in [2.75, 3.05) is 0 Å². The van der Waals surface area contributed by atoms with Gasteiger partial charge in [-0.2, -0.15) is 0 Å². The van der Waals surface area contributed by atoms with Crippen LogP contribution in [0.5, 0.6) is 0 Å². The molecule has 2 nitrogen and oxygen atoms in total. The van der Waals surface area contributed by atoms with Crippen LogP contribution in [0.4, 0.5) is 0 Å². The molecule has 0 aliphatic carbocycles. The van der Waals surface area contributed by atoms with Gasteiger partial charge in [-0.1, -0.05) is 121 Å². The lowest BCUT2D eigenvalue weighted by Gasteiger charge is -2.19. The van der Waals surface area contributed by atoms with E-state index in [0.29, 0.717) is 22.3 Å². The van der Waals surface area contributed by atoms with E-state index < -0.39 is 12.9 Å². The lowest BCUT2D eigenvalue weighted by molar-refractivity contribution is 1.00. The van der Waals surface area contributed by atoms with Gasteiger partial charge in [-0.25, -0.2) is 4.98 Å². The molecule has 0 spiro atoms. The summed E-state index contributed by atoms with van der Waals surface area (Å²) in [6.07, 6.45) is 0. The molecule has 0 amide bonds. The van der Waals surface area contributed by atoms with Crippen molar-refractivity contribution < 1.29 is 11.0 Å². The number of hydrogen-bond donors (Lipinski definition) is 0. The van der Waals surface area contributed by atoms with Gasteiger partial charge in [0.1, 0.15) is 5.82 Å². The molecule has 0 bridgehead atoms. The summed E-state index contributed by atoms with van der Waals surface area (Å²) in [4.78, 5) is 4.46. The molecule has 8 aromatic rings. The highest BCUT2D eigenvalue weighted by atomic mass is 15.1. The molecule has 0 N–H and O–H groups in total. The lowest BCUT2D eigenvalue weighted by atomic mass is 9.85. The minimum absolute atomic E-state index is 0.00487. The maximum atomic E-state index is 8.68. The summed E-state index contributed by atoms with van der Waals surface area (Å²) in [7, 11) is 0. The Labute approximate surface area is 256 Å². The molecular formula is C40H28N2. The van der Waals surface area contributed by atoms with Gasteiger partial charge in [-0.3, -0.25) is 4.57 Å². The van der Waals surface area contributed by atoms with Crippen molar-refractivity contribution in [2.24, 2.45) is 0 Å². The minimum Gasteiger partial charge on any atom is -0.297 e. The van der Waals surface area contributed by atoms with Gasteiger partial charge in [0.05, 0.1) is 17.9 Å². The van der Waals surface area contributed by atoms with E-state index in [4.69, 9.17) is 11.0 Å². The number of aromatic nitrogens is 2. The molecule has 8 rings (SSSR count). The van der Waals surface area contributed by atoms with Crippen LogP contribution in [0.2, 0.25) is 0 Å². The Balaban J connectivity index is 1.41. The van der Waals surface area contributed by atoms with Crippen LogP contribution in [0.15, 0.2) is 152 Å². The average molecular weight is 545 g/mol. The summed E-state index contributed by atoms with van der Waals surface area (Å²) in [5.74, 6) is -0.00487. The highest BCUT2D eigenvalue weighted by Crippen LogP contribution is 2.44. The molecule has 198 valence electrons. The SMILES string of the molecule is [2H]c1c([2H])c([2H])c(-c2ccc3c(-c4ccc(-n5c(C([2H])([2H])[2H])nc6ccccc65)cc4)c4ccccc4c(-c4ccccc4)c3c2)c([2H])c1[2H]. The maximum Gasteiger partial charge on any atom is 0.111 e. The topological polar surface area (TPSA) is 17.8 Å². The summed E-state index contributed by atoms with van der Waals surface area (Å²) in [5.41, 5.74) is 6.47. The van der Waals surface area contributed by atoms with Gasteiger partial charge in [0.2, 0.25) is 0 Å². The lowest BCUT2D eigenvalue weighted by Crippen LogP contribution is -1.97. The Hall–Kier alpha value is -5.47. The smallest absolute Gasteiger partial charge is 0.111 e. The Bertz CT molecular complexity index is 2600. The van der Waals surface area contributed by atoms with Crippen molar-refractivity contribution in [1.29, 1.82) is 0 Å². The summed E-state index contributed by atoms with van der Waals surface area (Å²) in [5, 5.41) is 3.79. The highest BCUT2D eigenvalue weighted by molar-refractivity contribution is 6.22. The molecule has 7 aromatic carbocycles. The van der Waals surface area contributed by atoms with E-state index in [1.807, 2.05) is 103 Å². The average Bonchev–Trinajstić information content (AvgIpc) is 3.53. The Morgan fingerprint density at radius 1 is 0.548 bits per heavy atom. The van der Waals surface area contributed by atoms with Gasteiger partial charge < -0.3 is 0 Å². The van der Waals surface area contributed by atoms with Crippen molar-refractivity contribution in [3.63, 3.8) is 0 Å². The monoisotopic (exact) mass is 544 g/mol. The number of nitrogens with zero attached hydrogens (tertiary/aromatic N) is 2. The standard InChI is InChI=1S/C40H28N2/c1-27-41-37-18-10-11-19-38(37)42(27)32-23-20-30(21-24-32)39-33-16-8-9-17-34(33)40(29-14-6-3-7-15-29)36-26-31(22-25-35(36)39)28-12-4-2-5-13-28/h2-26H,1H3/i1D3,2D,4D,5D,12D,13D. The second-order valence-corrected chi connectivity index (χ2v) is 10.2. The van der Waals surface area contributed by atoms with E-state index in [-0.39, 0.29) is 35.6 Å². The molecule has 42 heavy (non-hydrogen) atoms. The van der Waals surface area contributed by atoms with Gasteiger partial charge in [-0.15, -0.1) is 0 Å². The van der Waals surface area contributed by atoms with E-state index in [0.717, 1.165) is 43.8 Å². The first-order valence-electron chi connectivity index (χ1n) is 17.7. The van der Waals surface area contributed by atoms with Crippen LogP contribution in [-0.2, 0) is 0 Å². The quantitative estimate of drug-likeness (QED) is 0.202. The van der Waals surface area contributed by atoms with Crippen molar-refractivity contribution in [1.82, 2.24) is 9.55 Å². The molecule has 0 atom stereocenters. The fraction of sp³-hybridized carbons (Fsp3) is 0.0250. The zero-order valence-corrected chi connectivity index (χ0v) is 22.4. The molecule has 0 saturated carbocycles. The Morgan fingerprint density at radius 3 is 1.93 bits per heavy atom. The first-order chi connectivity index (χ1) is 24.0. The molecule has 2 heteroatoms. The molecule has 1 heterocycles. The zero-order chi connectivity index (χ0) is 34.9. The summed E-state index contributed by atoms with van der Waals surface area (Å²) in [6.45, 7) is -2.42. The number of para-hydroxylation sites is 2. The summed E-state index contributed by atoms with van der Waals surface area (Å²) < 4.78 is 68.3. The molecule has 0 aliphatic heterocycles. The first kappa shape index (κ1) is 17.4. The zero-order valence-electron chi connectivity index (χ0n) is 30.4. The normalized spacial score (nSPS) is 14.5. The first-order valence-corrected chi connectivity index (χ1v) is 13.7. The number of imidazole rings is 1. The van der Waals surface area contributed by atoms with Gasteiger partial charge in [0, 0.05) is 9.80 Å². The molecule has 0 radical (unpaired) electrons.